The highest BCUT2D eigenvalue weighted by molar-refractivity contribution is 5.72. The van der Waals surface area contributed by atoms with Gasteiger partial charge in [-0.2, -0.15) is 0 Å². The third kappa shape index (κ3) is 2.87. The van der Waals surface area contributed by atoms with Gasteiger partial charge in [0.15, 0.2) is 5.69 Å². The Bertz CT molecular complexity index is 492. The van der Waals surface area contributed by atoms with E-state index in [-0.39, 0.29) is 5.69 Å². The maximum atomic E-state index is 12.5. The molecule has 0 atom stereocenters. The third-order valence-corrected chi connectivity index (χ3v) is 2.01. The Labute approximate surface area is 99.2 Å². The van der Waals surface area contributed by atoms with Gasteiger partial charge in [0.25, 0.3) is 6.43 Å². The molecule has 0 spiro atoms. The second kappa shape index (κ2) is 5.34. The van der Waals surface area contributed by atoms with Crippen LogP contribution in [-0.4, -0.2) is 28.1 Å². The van der Waals surface area contributed by atoms with Crippen molar-refractivity contribution in [3.63, 3.8) is 0 Å². The van der Waals surface area contributed by atoms with E-state index < -0.39 is 40.9 Å². The Hall–Kier alpha value is -2.32. The van der Waals surface area contributed by atoms with Gasteiger partial charge >= 0.3 is 11.7 Å². The van der Waals surface area contributed by atoms with Crippen LogP contribution in [0.5, 0.6) is 5.75 Å². The number of carbonyl (C=O) groups is 1. The second-order valence-electron chi connectivity index (χ2n) is 3.18. The minimum Gasteiger partial charge on any atom is -0.501 e. The van der Waals surface area contributed by atoms with Crippen molar-refractivity contribution in [2.24, 2.45) is 0 Å². The summed E-state index contributed by atoms with van der Waals surface area (Å²) in [7, 11) is 1.07. The Kier molecular flexibility index (Phi) is 4.08. The minimum absolute atomic E-state index is 0.276. The maximum absolute atomic E-state index is 12.5. The number of aromatic hydroxyl groups is 1. The van der Waals surface area contributed by atoms with Crippen LogP contribution in [0, 0.1) is 10.1 Å². The number of esters is 1. The maximum Gasteiger partial charge on any atom is 0.314 e. The van der Waals surface area contributed by atoms with Gasteiger partial charge in [-0.3, -0.25) is 14.9 Å². The number of hydrogen-bond donors (Lipinski definition) is 1. The van der Waals surface area contributed by atoms with E-state index in [4.69, 9.17) is 0 Å². The number of hydrogen-bond acceptors (Lipinski definition) is 6. The normalized spacial score (nSPS) is 10.4. The Balaban J connectivity index is 3.29. The predicted octanol–water partition coefficient (Wildman–Crippen LogP) is 1.35. The average Bonchev–Trinajstić information content (AvgIpc) is 2.30. The van der Waals surface area contributed by atoms with Gasteiger partial charge in [-0.05, 0) is 0 Å². The molecule has 7 nitrogen and oxygen atoms in total. The number of nitro groups is 1. The molecular weight excluding hydrogens is 254 g/mol. The summed E-state index contributed by atoms with van der Waals surface area (Å²) >= 11 is 0. The molecule has 98 valence electrons. The van der Waals surface area contributed by atoms with E-state index in [9.17, 15) is 28.8 Å². The Morgan fingerprint density at radius 1 is 1.67 bits per heavy atom. The van der Waals surface area contributed by atoms with Crippen molar-refractivity contribution < 1.29 is 28.3 Å². The number of alkyl halides is 2. The molecule has 0 radical (unpaired) electrons. The van der Waals surface area contributed by atoms with Crippen molar-refractivity contribution in [3.05, 3.63) is 27.6 Å². The fourth-order valence-corrected chi connectivity index (χ4v) is 1.20. The number of pyridine rings is 1. The number of methoxy groups -OCH3 is 1. The quantitative estimate of drug-likeness (QED) is 0.499. The first-order valence-corrected chi connectivity index (χ1v) is 4.59. The van der Waals surface area contributed by atoms with Crippen LogP contribution in [0.1, 0.15) is 17.8 Å². The van der Waals surface area contributed by atoms with Gasteiger partial charge in [0.1, 0.15) is 0 Å². The molecule has 0 bridgehead atoms. The lowest BCUT2D eigenvalue weighted by molar-refractivity contribution is -0.386. The summed E-state index contributed by atoms with van der Waals surface area (Å²) in [5, 5.41) is 19.8. The molecule has 1 aromatic heterocycles. The molecule has 1 rings (SSSR count). The van der Waals surface area contributed by atoms with Crippen molar-refractivity contribution in [1.82, 2.24) is 4.98 Å². The largest absolute Gasteiger partial charge is 0.501 e. The monoisotopic (exact) mass is 262 g/mol. The van der Waals surface area contributed by atoms with Crippen LogP contribution < -0.4 is 0 Å². The molecule has 0 aliphatic rings. The molecule has 1 aromatic rings. The lowest BCUT2D eigenvalue weighted by Gasteiger charge is -2.06. The van der Waals surface area contributed by atoms with E-state index in [1.807, 2.05) is 0 Å². The SMILES string of the molecule is COC(=O)Cc1cc([N+](=O)[O-])c(O)c(C(F)F)n1. The lowest BCUT2D eigenvalue weighted by Crippen LogP contribution is -2.08. The highest BCUT2D eigenvalue weighted by Gasteiger charge is 2.26. The summed E-state index contributed by atoms with van der Waals surface area (Å²) in [5.41, 5.74) is -2.34. The zero-order chi connectivity index (χ0) is 13.9. The number of ether oxygens (including phenoxy) is 1. The summed E-state index contributed by atoms with van der Waals surface area (Å²) < 4.78 is 29.3. The van der Waals surface area contributed by atoms with Crippen LogP contribution in [0.25, 0.3) is 0 Å². The molecule has 1 N–H and O–H groups in total. The smallest absolute Gasteiger partial charge is 0.314 e. The van der Waals surface area contributed by atoms with Gasteiger partial charge in [0.05, 0.1) is 24.1 Å². The summed E-state index contributed by atoms with van der Waals surface area (Å²) in [4.78, 5) is 23.8. The van der Waals surface area contributed by atoms with Crippen LogP contribution in [0.15, 0.2) is 6.07 Å². The first-order chi connectivity index (χ1) is 8.36. The molecule has 9 heteroatoms. The van der Waals surface area contributed by atoms with E-state index in [0.717, 1.165) is 13.2 Å². The summed E-state index contributed by atoms with van der Waals surface area (Å²) in [5.74, 6) is -1.99. The molecule has 0 aliphatic carbocycles. The van der Waals surface area contributed by atoms with Gasteiger partial charge in [0, 0.05) is 6.07 Å². The highest BCUT2D eigenvalue weighted by Crippen LogP contribution is 2.34. The highest BCUT2D eigenvalue weighted by atomic mass is 19.3. The Morgan fingerprint density at radius 2 is 2.28 bits per heavy atom. The lowest BCUT2D eigenvalue weighted by atomic mass is 10.2. The number of halogens is 2. The van der Waals surface area contributed by atoms with Gasteiger partial charge in [-0.15, -0.1) is 0 Å². The van der Waals surface area contributed by atoms with Gasteiger partial charge in [-0.1, -0.05) is 0 Å². The van der Waals surface area contributed by atoms with Gasteiger partial charge in [0.2, 0.25) is 5.75 Å². The van der Waals surface area contributed by atoms with E-state index in [1.165, 1.54) is 0 Å². The molecule has 0 fully saturated rings. The molecule has 18 heavy (non-hydrogen) atoms. The van der Waals surface area contributed by atoms with Crippen LogP contribution in [0.2, 0.25) is 0 Å². The first kappa shape index (κ1) is 13.7. The average molecular weight is 262 g/mol. The van der Waals surface area contributed by atoms with Crippen LogP contribution in [-0.2, 0) is 16.0 Å². The number of nitrogens with zero attached hydrogens (tertiary/aromatic N) is 2. The first-order valence-electron chi connectivity index (χ1n) is 4.59. The molecule has 0 saturated heterocycles. The van der Waals surface area contributed by atoms with E-state index in [1.54, 1.807) is 0 Å². The second-order valence-corrected chi connectivity index (χ2v) is 3.18. The zero-order valence-electron chi connectivity index (χ0n) is 9.09. The zero-order valence-corrected chi connectivity index (χ0v) is 9.09. The van der Waals surface area contributed by atoms with E-state index >= 15 is 0 Å². The topological polar surface area (TPSA) is 103 Å². The van der Waals surface area contributed by atoms with E-state index in [0.29, 0.717) is 0 Å². The van der Waals surface area contributed by atoms with Gasteiger partial charge < -0.3 is 9.84 Å². The van der Waals surface area contributed by atoms with Gasteiger partial charge in [-0.25, -0.2) is 13.8 Å². The minimum atomic E-state index is -3.19. The van der Waals surface area contributed by atoms with Crippen molar-refractivity contribution in [3.8, 4) is 5.75 Å². The fraction of sp³-hybridized carbons (Fsp3) is 0.333. The summed E-state index contributed by atoms with van der Waals surface area (Å²) in [6.07, 6.45) is -3.70. The fourth-order valence-electron chi connectivity index (χ4n) is 1.20. The number of carbonyl (C=O) groups excluding carboxylic acids is 1. The van der Waals surface area contributed by atoms with Crippen molar-refractivity contribution in [1.29, 1.82) is 0 Å². The molecule has 0 saturated carbocycles. The standard InChI is InChI=1S/C9H8F2N2O5/c1-18-6(14)3-4-2-5(13(16)17)8(15)7(12-4)9(10)11/h2,9,15H,3H2,1H3. The Morgan fingerprint density at radius 3 is 2.72 bits per heavy atom. The molecule has 0 aromatic carbocycles. The molecule has 0 amide bonds. The van der Waals surface area contributed by atoms with Crippen LogP contribution in [0.3, 0.4) is 0 Å². The molecule has 0 unspecified atom stereocenters. The molecule has 1 heterocycles. The van der Waals surface area contributed by atoms with Crippen molar-refractivity contribution in [2.75, 3.05) is 7.11 Å². The van der Waals surface area contributed by atoms with E-state index in [2.05, 4.69) is 9.72 Å². The van der Waals surface area contributed by atoms with Crippen molar-refractivity contribution >= 4 is 11.7 Å². The predicted molar refractivity (Wildman–Crippen MR) is 53.2 cm³/mol. The van der Waals surface area contributed by atoms with Crippen LogP contribution in [0.4, 0.5) is 14.5 Å². The summed E-state index contributed by atoms with van der Waals surface area (Å²) in [6.45, 7) is 0. The molecular formula is C9H8F2N2O5. The third-order valence-electron chi connectivity index (χ3n) is 2.01. The summed E-state index contributed by atoms with van der Waals surface area (Å²) in [6, 6.07) is 0.748. The molecule has 0 aliphatic heterocycles. The number of aromatic nitrogens is 1. The van der Waals surface area contributed by atoms with Crippen molar-refractivity contribution in [2.45, 2.75) is 12.8 Å². The van der Waals surface area contributed by atoms with Crippen LogP contribution >= 0.6 is 0 Å². The number of rotatable bonds is 4.